The van der Waals surface area contributed by atoms with Gasteiger partial charge >= 0.3 is 0 Å². The molecule has 0 atom stereocenters. The molecule has 0 heterocycles. The van der Waals surface area contributed by atoms with Crippen LogP contribution in [0, 0.1) is 0 Å². The van der Waals surface area contributed by atoms with Gasteiger partial charge in [0.2, 0.25) is 0 Å². The van der Waals surface area contributed by atoms with Crippen molar-refractivity contribution in [2.45, 2.75) is 6.42 Å². The summed E-state index contributed by atoms with van der Waals surface area (Å²) in [5, 5.41) is 8.70. The normalized spacial score (nSPS) is 9.93. The largest absolute Gasteiger partial charge is 0.497 e. The van der Waals surface area contributed by atoms with Crippen LogP contribution in [0.1, 0.15) is 6.42 Å². The van der Waals surface area contributed by atoms with Crippen LogP contribution >= 0.6 is 0 Å². The van der Waals surface area contributed by atoms with Crippen molar-refractivity contribution in [1.82, 2.24) is 0 Å². The highest BCUT2D eigenvalue weighted by molar-refractivity contribution is 5.48. The molecule has 3 heteroatoms. The van der Waals surface area contributed by atoms with Gasteiger partial charge in [0.05, 0.1) is 7.11 Å². The van der Waals surface area contributed by atoms with Gasteiger partial charge < -0.3 is 14.7 Å². The van der Waals surface area contributed by atoms with Crippen LogP contribution in [0.5, 0.6) is 5.75 Å². The van der Waals surface area contributed by atoms with Crippen molar-refractivity contribution < 1.29 is 9.84 Å². The van der Waals surface area contributed by atoms with Gasteiger partial charge in [-0.1, -0.05) is 0 Å². The number of hydrogen-bond donors (Lipinski definition) is 1. The Labute approximate surface area is 84.9 Å². The Morgan fingerprint density at radius 3 is 2.43 bits per heavy atom. The summed E-state index contributed by atoms with van der Waals surface area (Å²) in [6.45, 7) is 1.10. The first-order valence-corrected chi connectivity index (χ1v) is 4.74. The van der Waals surface area contributed by atoms with E-state index in [0.717, 1.165) is 24.4 Å². The van der Waals surface area contributed by atoms with Crippen LogP contribution in [0.4, 0.5) is 5.69 Å². The summed E-state index contributed by atoms with van der Waals surface area (Å²) in [5.74, 6) is 0.865. The van der Waals surface area contributed by atoms with Gasteiger partial charge in [-0.2, -0.15) is 0 Å². The first kappa shape index (κ1) is 10.9. The molecule has 0 fully saturated rings. The molecule has 0 aliphatic rings. The van der Waals surface area contributed by atoms with Crippen LogP contribution in [-0.2, 0) is 0 Å². The van der Waals surface area contributed by atoms with Crippen LogP contribution in [0.15, 0.2) is 24.3 Å². The molecule has 0 aromatic heterocycles. The fourth-order valence-corrected chi connectivity index (χ4v) is 1.27. The predicted octanol–water partition coefficient (Wildman–Crippen LogP) is 1.51. The van der Waals surface area contributed by atoms with Crippen LogP contribution in [0.3, 0.4) is 0 Å². The maximum Gasteiger partial charge on any atom is 0.119 e. The zero-order valence-corrected chi connectivity index (χ0v) is 8.73. The first-order chi connectivity index (χ1) is 6.77. The minimum Gasteiger partial charge on any atom is -0.497 e. The Balaban J connectivity index is 2.57. The number of methoxy groups -OCH3 is 1. The van der Waals surface area contributed by atoms with E-state index in [-0.39, 0.29) is 6.61 Å². The third-order valence-corrected chi connectivity index (χ3v) is 2.16. The molecular formula is C11H17NO2. The third-order valence-electron chi connectivity index (χ3n) is 2.16. The average molecular weight is 195 g/mol. The first-order valence-electron chi connectivity index (χ1n) is 4.74. The number of hydrogen-bond acceptors (Lipinski definition) is 3. The quantitative estimate of drug-likeness (QED) is 0.773. The molecule has 0 bridgehead atoms. The van der Waals surface area contributed by atoms with Gasteiger partial charge in [-0.25, -0.2) is 0 Å². The molecule has 0 saturated heterocycles. The van der Waals surface area contributed by atoms with Gasteiger partial charge in [-0.3, -0.25) is 0 Å². The van der Waals surface area contributed by atoms with E-state index in [4.69, 9.17) is 9.84 Å². The number of nitrogens with zero attached hydrogens (tertiary/aromatic N) is 1. The summed E-state index contributed by atoms with van der Waals surface area (Å²) < 4.78 is 5.07. The summed E-state index contributed by atoms with van der Waals surface area (Å²) >= 11 is 0. The Morgan fingerprint density at radius 1 is 1.29 bits per heavy atom. The van der Waals surface area contributed by atoms with Gasteiger partial charge in [-0.05, 0) is 30.7 Å². The molecule has 0 aliphatic carbocycles. The Kier molecular flexibility index (Phi) is 4.26. The second-order valence-electron chi connectivity index (χ2n) is 3.20. The van der Waals surface area contributed by atoms with Gasteiger partial charge in [0.25, 0.3) is 0 Å². The van der Waals surface area contributed by atoms with Crippen molar-refractivity contribution in [3.8, 4) is 5.75 Å². The van der Waals surface area contributed by atoms with Crippen LogP contribution in [-0.4, -0.2) is 32.4 Å². The number of benzene rings is 1. The van der Waals surface area contributed by atoms with E-state index in [1.165, 1.54) is 0 Å². The topological polar surface area (TPSA) is 32.7 Å². The second-order valence-corrected chi connectivity index (χ2v) is 3.20. The maximum atomic E-state index is 8.70. The number of rotatable bonds is 5. The molecular weight excluding hydrogens is 178 g/mol. The van der Waals surface area contributed by atoms with E-state index in [2.05, 4.69) is 4.90 Å². The van der Waals surface area contributed by atoms with Crippen LogP contribution in [0.25, 0.3) is 0 Å². The summed E-state index contributed by atoms with van der Waals surface area (Å²) in [4.78, 5) is 2.11. The zero-order valence-electron chi connectivity index (χ0n) is 8.73. The van der Waals surface area contributed by atoms with E-state index < -0.39 is 0 Å². The average Bonchev–Trinajstić information content (AvgIpc) is 2.26. The highest BCUT2D eigenvalue weighted by atomic mass is 16.5. The van der Waals surface area contributed by atoms with E-state index in [1.54, 1.807) is 7.11 Å². The van der Waals surface area contributed by atoms with E-state index in [9.17, 15) is 0 Å². The molecule has 0 spiro atoms. The lowest BCUT2D eigenvalue weighted by atomic mass is 10.2. The molecule has 0 unspecified atom stereocenters. The zero-order chi connectivity index (χ0) is 10.4. The van der Waals surface area contributed by atoms with Crippen LogP contribution < -0.4 is 9.64 Å². The van der Waals surface area contributed by atoms with Gasteiger partial charge in [0.15, 0.2) is 0 Å². The molecule has 3 nitrogen and oxygen atoms in total. The van der Waals surface area contributed by atoms with Gasteiger partial charge in [0, 0.05) is 25.9 Å². The molecule has 0 saturated carbocycles. The Hall–Kier alpha value is -1.22. The second kappa shape index (κ2) is 5.50. The minimum absolute atomic E-state index is 0.237. The Bertz CT molecular complexity index is 258. The maximum absolute atomic E-state index is 8.70. The molecule has 78 valence electrons. The highest BCUT2D eigenvalue weighted by Gasteiger charge is 1.99. The van der Waals surface area contributed by atoms with Crippen LogP contribution in [0.2, 0.25) is 0 Å². The molecule has 1 aromatic rings. The molecule has 1 aromatic carbocycles. The SMILES string of the molecule is COc1ccc(N(C)CCCO)cc1. The minimum atomic E-state index is 0.237. The van der Waals surface area contributed by atoms with Crippen molar-refractivity contribution in [3.63, 3.8) is 0 Å². The summed E-state index contributed by atoms with van der Waals surface area (Å²) in [7, 11) is 3.67. The van der Waals surface area contributed by atoms with Gasteiger partial charge in [0.1, 0.15) is 5.75 Å². The van der Waals surface area contributed by atoms with Crippen molar-refractivity contribution in [2.24, 2.45) is 0 Å². The van der Waals surface area contributed by atoms with E-state index in [1.807, 2.05) is 31.3 Å². The fourth-order valence-electron chi connectivity index (χ4n) is 1.27. The number of aliphatic hydroxyl groups is 1. The van der Waals surface area contributed by atoms with E-state index in [0.29, 0.717) is 0 Å². The standard InChI is InChI=1S/C11H17NO2/c1-12(8-3-9-13)10-4-6-11(14-2)7-5-10/h4-7,13H,3,8-9H2,1-2H3. The Morgan fingerprint density at radius 2 is 1.93 bits per heavy atom. The molecule has 0 aliphatic heterocycles. The smallest absolute Gasteiger partial charge is 0.119 e. The number of aliphatic hydroxyl groups excluding tert-OH is 1. The fraction of sp³-hybridized carbons (Fsp3) is 0.455. The van der Waals surface area contributed by atoms with Crippen molar-refractivity contribution in [3.05, 3.63) is 24.3 Å². The lowest BCUT2D eigenvalue weighted by molar-refractivity contribution is 0.290. The van der Waals surface area contributed by atoms with Crippen molar-refractivity contribution in [2.75, 3.05) is 32.2 Å². The summed E-state index contributed by atoms with van der Waals surface area (Å²) in [6, 6.07) is 7.89. The molecule has 1 N–H and O–H groups in total. The molecule has 14 heavy (non-hydrogen) atoms. The lowest BCUT2D eigenvalue weighted by Gasteiger charge is -2.18. The predicted molar refractivity (Wildman–Crippen MR) is 58.0 cm³/mol. The van der Waals surface area contributed by atoms with E-state index >= 15 is 0 Å². The lowest BCUT2D eigenvalue weighted by Crippen LogP contribution is -2.19. The molecule has 0 amide bonds. The monoisotopic (exact) mass is 195 g/mol. The van der Waals surface area contributed by atoms with Gasteiger partial charge in [-0.15, -0.1) is 0 Å². The summed E-state index contributed by atoms with van der Waals surface area (Å²) in [5.41, 5.74) is 1.14. The molecule has 0 radical (unpaired) electrons. The number of anilines is 1. The number of ether oxygens (including phenoxy) is 1. The summed E-state index contributed by atoms with van der Waals surface area (Å²) in [6.07, 6.45) is 0.794. The molecule has 1 rings (SSSR count). The third kappa shape index (κ3) is 2.92. The highest BCUT2D eigenvalue weighted by Crippen LogP contribution is 2.17. The van der Waals surface area contributed by atoms with Crippen molar-refractivity contribution in [1.29, 1.82) is 0 Å². The van der Waals surface area contributed by atoms with Crippen molar-refractivity contribution >= 4 is 5.69 Å².